The molecule has 0 aliphatic rings. The zero-order valence-corrected chi connectivity index (χ0v) is 18.6. The van der Waals surface area contributed by atoms with Crippen molar-refractivity contribution >= 4 is 12.2 Å². The van der Waals surface area contributed by atoms with E-state index in [0.717, 1.165) is 0 Å². The van der Waals surface area contributed by atoms with E-state index in [1.54, 1.807) is 71.3 Å². The van der Waals surface area contributed by atoms with Crippen LogP contribution in [0.2, 0.25) is 0 Å². The minimum atomic E-state index is -4.30. The summed E-state index contributed by atoms with van der Waals surface area (Å²) in [5.74, 6) is 1.39. The molecule has 178 valence electrons. The summed E-state index contributed by atoms with van der Waals surface area (Å²) in [5.41, 5.74) is 0.775. The number of hydrogen-bond acceptors (Lipinski definition) is 6. The van der Waals surface area contributed by atoms with Crippen molar-refractivity contribution in [2.75, 3.05) is 0 Å². The maximum atomic E-state index is 12.8. The molecule has 10 heteroatoms. The number of furan rings is 2. The number of nitriles is 4. The van der Waals surface area contributed by atoms with Gasteiger partial charge in [-0.1, -0.05) is 6.08 Å². The lowest BCUT2D eigenvalue weighted by Crippen LogP contribution is -2.10. The van der Waals surface area contributed by atoms with Gasteiger partial charge in [-0.3, -0.25) is 0 Å². The number of nitrogens with zero attached hydrogens (tertiary/aromatic N) is 5. The first-order chi connectivity index (χ1) is 17.3. The molecule has 0 aliphatic heterocycles. The molecule has 0 spiro atoms. The summed E-state index contributed by atoms with van der Waals surface area (Å²) in [7, 11) is 0. The first-order valence-electron chi connectivity index (χ1n) is 10.4. The fraction of sp³-hybridized carbons (Fsp3) is 0.154. The van der Waals surface area contributed by atoms with Crippen LogP contribution in [-0.4, -0.2) is 10.7 Å². The van der Waals surface area contributed by atoms with Gasteiger partial charge in [0.15, 0.2) is 11.5 Å². The van der Waals surface area contributed by atoms with Crippen LogP contribution in [0.5, 0.6) is 0 Å². The molecular weight excluding hydrogens is 471 g/mol. The third kappa shape index (κ3) is 6.44. The number of halogens is 3. The zero-order chi connectivity index (χ0) is 26.1. The standard InChI is InChI=1S/C26H16F3N5O2/c27-26(28,29)11-2-12-34-22(24-9-5-20(35-24)4-1-3-18(14-30)15-31)7-8-23(34)25-10-6-21(36-25)13-19(16-32)17-33/h1,3-10,13H,2,11-12H2/b4-1+. The monoisotopic (exact) mass is 487 g/mol. The fourth-order valence-corrected chi connectivity index (χ4v) is 3.30. The maximum Gasteiger partial charge on any atom is 0.389 e. The van der Waals surface area contributed by atoms with E-state index in [0.29, 0.717) is 28.7 Å². The molecule has 0 aliphatic carbocycles. The van der Waals surface area contributed by atoms with Gasteiger partial charge in [0, 0.05) is 19.0 Å². The van der Waals surface area contributed by atoms with Gasteiger partial charge in [0.05, 0.1) is 11.4 Å². The smallest absolute Gasteiger partial charge is 0.389 e. The predicted molar refractivity (Wildman–Crippen MR) is 123 cm³/mol. The summed E-state index contributed by atoms with van der Waals surface area (Å²) in [4.78, 5) is 0. The van der Waals surface area contributed by atoms with Crippen LogP contribution in [-0.2, 0) is 6.54 Å². The molecule has 0 aromatic carbocycles. The Morgan fingerprint density at radius 3 is 1.92 bits per heavy atom. The molecule has 0 bridgehead atoms. The molecule has 36 heavy (non-hydrogen) atoms. The number of allylic oxidation sites excluding steroid dienone is 4. The minimum absolute atomic E-state index is 0.0208. The molecule has 0 saturated carbocycles. The lowest BCUT2D eigenvalue weighted by Gasteiger charge is -2.12. The molecule has 0 saturated heterocycles. The Morgan fingerprint density at radius 1 is 0.806 bits per heavy atom. The second-order valence-electron chi connectivity index (χ2n) is 7.32. The second-order valence-corrected chi connectivity index (χ2v) is 7.32. The van der Waals surface area contributed by atoms with Crippen molar-refractivity contribution in [1.82, 2.24) is 4.57 Å². The Hall–Kier alpha value is -5.19. The van der Waals surface area contributed by atoms with Gasteiger partial charge in [-0.2, -0.15) is 34.2 Å². The van der Waals surface area contributed by atoms with E-state index in [1.165, 1.54) is 18.2 Å². The molecule has 0 unspecified atom stereocenters. The van der Waals surface area contributed by atoms with Crippen LogP contribution in [0.4, 0.5) is 13.2 Å². The van der Waals surface area contributed by atoms with Gasteiger partial charge in [0.2, 0.25) is 0 Å². The summed E-state index contributed by atoms with van der Waals surface area (Å²) in [5, 5.41) is 35.4. The first kappa shape index (κ1) is 25.4. The van der Waals surface area contributed by atoms with Crippen LogP contribution in [0.25, 0.3) is 35.1 Å². The van der Waals surface area contributed by atoms with Crippen LogP contribution in [0, 0.1) is 45.3 Å². The van der Waals surface area contributed by atoms with Gasteiger partial charge in [-0.15, -0.1) is 0 Å². The van der Waals surface area contributed by atoms with Crippen molar-refractivity contribution in [2.45, 2.75) is 25.6 Å². The lowest BCUT2D eigenvalue weighted by molar-refractivity contribution is -0.135. The Labute approximate surface area is 204 Å². The van der Waals surface area contributed by atoms with Crippen molar-refractivity contribution in [3.05, 3.63) is 71.2 Å². The molecule has 0 fully saturated rings. The topological polar surface area (TPSA) is 126 Å². The number of aromatic nitrogens is 1. The minimum Gasteiger partial charge on any atom is -0.455 e. The van der Waals surface area contributed by atoms with Gasteiger partial charge < -0.3 is 13.4 Å². The maximum absolute atomic E-state index is 12.8. The largest absolute Gasteiger partial charge is 0.455 e. The molecule has 0 radical (unpaired) electrons. The number of alkyl halides is 3. The van der Waals surface area contributed by atoms with E-state index in [1.807, 2.05) is 0 Å². The van der Waals surface area contributed by atoms with E-state index in [9.17, 15) is 13.2 Å². The average molecular weight is 487 g/mol. The van der Waals surface area contributed by atoms with E-state index < -0.39 is 12.6 Å². The average Bonchev–Trinajstić information content (AvgIpc) is 3.59. The quantitative estimate of drug-likeness (QED) is 0.255. The SMILES string of the molecule is N#CC(C#N)=C/C=C/c1ccc(-c2ccc(-c3ccc(C=C(C#N)C#N)o3)n2CCCC(F)(F)F)o1. The summed E-state index contributed by atoms with van der Waals surface area (Å²) >= 11 is 0. The van der Waals surface area contributed by atoms with Crippen molar-refractivity contribution < 1.29 is 22.0 Å². The normalized spacial score (nSPS) is 10.8. The summed E-state index contributed by atoms with van der Waals surface area (Å²) in [6.07, 6.45) is 0.168. The third-order valence-electron chi connectivity index (χ3n) is 4.87. The number of rotatable bonds is 8. The van der Waals surface area contributed by atoms with E-state index in [2.05, 4.69) is 0 Å². The van der Waals surface area contributed by atoms with Gasteiger partial charge in [0.1, 0.15) is 46.9 Å². The summed E-state index contributed by atoms with van der Waals surface area (Å²) < 4.78 is 51.6. The fourth-order valence-electron chi connectivity index (χ4n) is 3.30. The van der Waals surface area contributed by atoms with Crippen molar-refractivity contribution in [3.63, 3.8) is 0 Å². The second kappa shape index (κ2) is 11.3. The summed E-state index contributed by atoms with van der Waals surface area (Å²) in [6.45, 7) is 0.0208. The van der Waals surface area contributed by atoms with Crippen LogP contribution in [0.3, 0.4) is 0 Å². The van der Waals surface area contributed by atoms with Gasteiger partial charge in [-0.25, -0.2) is 0 Å². The van der Waals surface area contributed by atoms with Crippen molar-refractivity contribution in [2.24, 2.45) is 0 Å². The molecule has 3 aromatic rings. The molecule has 3 aromatic heterocycles. The van der Waals surface area contributed by atoms with E-state index >= 15 is 0 Å². The van der Waals surface area contributed by atoms with Crippen molar-refractivity contribution in [1.29, 1.82) is 21.0 Å². The molecule has 0 atom stereocenters. The van der Waals surface area contributed by atoms with Crippen LogP contribution < -0.4 is 0 Å². The molecule has 7 nitrogen and oxygen atoms in total. The third-order valence-corrected chi connectivity index (χ3v) is 4.87. The Morgan fingerprint density at radius 2 is 1.36 bits per heavy atom. The molecule has 3 rings (SSSR count). The van der Waals surface area contributed by atoms with Gasteiger partial charge in [0.25, 0.3) is 0 Å². The van der Waals surface area contributed by atoms with Crippen LogP contribution in [0.1, 0.15) is 24.4 Å². The van der Waals surface area contributed by atoms with Crippen LogP contribution >= 0.6 is 0 Å². The summed E-state index contributed by atoms with van der Waals surface area (Å²) in [6, 6.07) is 16.7. The van der Waals surface area contributed by atoms with Crippen LogP contribution in [0.15, 0.2) is 68.5 Å². The highest BCUT2D eigenvalue weighted by Gasteiger charge is 2.27. The molecule has 0 N–H and O–H groups in total. The van der Waals surface area contributed by atoms with E-state index in [-0.39, 0.29) is 29.9 Å². The molecule has 3 heterocycles. The highest BCUT2D eigenvalue weighted by Crippen LogP contribution is 2.33. The number of hydrogen-bond donors (Lipinski definition) is 0. The Kier molecular flexibility index (Phi) is 7.98. The Balaban J connectivity index is 1.96. The highest BCUT2D eigenvalue weighted by atomic mass is 19.4. The molecular formula is C26H16F3N5O2. The van der Waals surface area contributed by atoms with E-state index in [4.69, 9.17) is 29.9 Å². The highest BCUT2D eigenvalue weighted by molar-refractivity contribution is 5.67. The molecule has 0 amide bonds. The predicted octanol–water partition coefficient (Wildman–Crippen LogP) is 6.77. The zero-order valence-electron chi connectivity index (χ0n) is 18.6. The Bertz CT molecular complexity index is 1470. The van der Waals surface area contributed by atoms with Crippen molar-refractivity contribution in [3.8, 4) is 47.2 Å². The first-order valence-corrected chi connectivity index (χ1v) is 10.4. The van der Waals surface area contributed by atoms with Gasteiger partial charge >= 0.3 is 6.18 Å². The van der Waals surface area contributed by atoms with Gasteiger partial charge in [-0.05, 0) is 55.0 Å². The lowest BCUT2D eigenvalue weighted by atomic mass is 10.2.